The van der Waals surface area contributed by atoms with Crippen LogP contribution in [0.15, 0.2) is 83.8 Å². The molecule has 0 unspecified atom stereocenters. The summed E-state index contributed by atoms with van der Waals surface area (Å²) in [6, 6.07) is 23.7. The molecule has 0 heterocycles. The van der Waals surface area contributed by atoms with Crippen LogP contribution in [-0.2, 0) is 21.2 Å². The van der Waals surface area contributed by atoms with Crippen LogP contribution in [-0.4, -0.2) is 39.3 Å². The standard InChI is InChI=1S/C23H24N2O4S/c1-25(2)30(27,28)21-14-12-20(13-15-21)24-23(26)17-29-22-11-7-6-10-19(22)16-18-8-4-3-5-9-18/h3-15H,16-17H2,1-2H3,(H,24,26). The number of benzene rings is 3. The molecular formula is C23H24N2O4S. The average Bonchev–Trinajstić information content (AvgIpc) is 2.74. The third-order valence-electron chi connectivity index (χ3n) is 4.49. The van der Waals surface area contributed by atoms with Crippen LogP contribution >= 0.6 is 0 Å². The quantitative estimate of drug-likeness (QED) is 0.600. The summed E-state index contributed by atoms with van der Waals surface area (Å²) in [5.74, 6) is 0.330. The monoisotopic (exact) mass is 424 g/mol. The van der Waals surface area contributed by atoms with Gasteiger partial charge in [-0.2, -0.15) is 0 Å². The summed E-state index contributed by atoms with van der Waals surface area (Å²) in [6.45, 7) is -0.149. The van der Waals surface area contributed by atoms with Crippen LogP contribution in [0.5, 0.6) is 5.75 Å². The predicted molar refractivity (Wildman–Crippen MR) is 117 cm³/mol. The van der Waals surface area contributed by atoms with Crippen molar-refractivity contribution in [1.29, 1.82) is 0 Å². The van der Waals surface area contributed by atoms with Crippen molar-refractivity contribution in [3.63, 3.8) is 0 Å². The van der Waals surface area contributed by atoms with Crippen molar-refractivity contribution in [2.45, 2.75) is 11.3 Å². The van der Waals surface area contributed by atoms with E-state index < -0.39 is 10.0 Å². The van der Waals surface area contributed by atoms with E-state index in [-0.39, 0.29) is 17.4 Å². The van der Waals surface area contributed by atoms with E-state index >= 15 is 0 Å². The Kier molecular flexibility index (Phi) is 6.87. The minimum Gasteiger partial charge on any atom is -0.483 e. The van der Waals surface area contributed by atoms with Gasteiger partial charge in [-0.05, 0) is 41.5 Å². The first-order chi connectivity index (χ1) is 14.4. The van der Waals surface area contributed by atoms with Crippen molar-refractivity contribution in [1.82, 2.24) is 4.31 Å². The van der Waals surface area contributed by atoms with Crippen molar-refractivity contribution in [2.75, 3.05) is 26.0 Å². The van der Waals surface area contributed by atoms with Gasteiger partial charge in [0.15, 0.2) is 6.61 Å². The first-order valence-corrected chi connectivity index (χ1v) is 10.9. The topological polar surface area (TPSA) is 75.7 Å². The zero-order valence-corrected chi connectivity index (χ0v) is 17.7. The van der Waals surface area contributed by atoms with Crippen LogP contribution < -0.4 is 10.1 Å². The summed E-state index contributed by atoms with van der Waals surface area (Å²) in [4.78, 5) is 12.4. The number of nitrogens with one attached hydrogen (secondary N) is 1. The van der Waals surface area contributed by atoms with Crippen LogP contribution in [0, 0.1) is 0 Å². The number of hydrogen-bond donors (Lipinski definition) is 1. The molecule has 6 nitrogen and oxygen atoms in total. The fourth-order valence-corrected chi connectivity index (χ4v) is 3.77. The Bertz CT molecular complexity index is 1100. The molecule has 3 aromatic rings. The molecule has 30 heavy (non-hydrogen) atoms. The number of ether oxygens (including phenoxy) is 1. The van der Waals surface area contributed by atoms with E-state index in [2.05, 4.69) is 5.32 Å². The highest BCUT2D eigenvalue weighted by atomic mass is 32.2. The normalized spacial score (nSPS) is 11.3. The van der Waals surface area contributed by atoms with Gasteiger partial charge in [-0.1, -0.05) is 48.5 Å². The molecule has 0 aliphatic heterocycles. The maximum atomic E-state index is 12.3. The number of rotatable bonds is 8. The molecule has 0 saturated heterocycles. The summed E-state index contributed by atoms with van der Waals surface area (Å²) in [5, 5.41) is 2.72. The molecule has 0 bridgehead atoms. The van der Waals surface area contributed by atoms with Crippen LogP contribution in [0.4, 0.5) is 5.69 Å². The lowest BCUT2D eigenvalue weighted by Gasteiger charge is -2.13. The summed E-state index contributed by atoms with van der Waals surface area (Å²) < 4.78 is 31.1. The minimum absolute atomic E-state index is 0.149. The van der Waals surface area contributed by atoms with E-state index in [1.54, 1.807) is 12.1 Å². The molecule has 156 valence electrons. The zero-order valence-electron chi connectivity index (χ0n) is 16.9. The van der Waals surface area contributed by atoms with Crippen molar-refractivity contribution in [2.24, 2.45) is 0 Å². The van der Waals surface area contributed by atoms with Gasteiger partial charge in [0.1, 0.15) is 5.75 Å². The van der Waals surface area contributed by atoms with E-state index in [0.29, 0.717) is 17.9 Å². The molecular weight excluding hydrogens is 400 g/mol. The number of nitrogens with zero attached hydrogens (tertiary/aromatic N) is 1. The molecule has 0 spiro atoms. The Hall–Kier alpha value is -3.16. The number of carbonyl (C=O) groups excluding carboxylic acids is 1. The van der Waals surface area contributed by atoms with Gasteiger partial charge < -0.3 is 10.1 Å². The third kappa shape index (κ3) is 5.46. The highest BCUT2D eigenvalue weighted by Crippen LogP contribution is 2.22. The Morgan fingerprint density at radius 1 is 0.900 bits per heavy atom. The summed E-state index contributed by atoms with van der Waals surface area (Å²) in [6.07, 6.45) is 0.709. The molecule has 1 N–H and O–H groups in total. The minimum atomic E-state index is -3.50. The Morgan fingerprint density at radius 3 is 2.20 bits per heavy atom. The smallest absolute Gasteiger partial charge is 0.262 e. The van der Waals surface area contributed by atoms with Crippen LogP contribution in [0.25, 0.3) is 0 Å². The number of anilines is 1. The van der Waals surface area contributed by atoms with Crippen molar-refractivity contribution >= 4 is 21.6 Å². The second kappa shape index (κ2) is 9.56. The number of carbonyl (C=O) groups is 1. The number of hydrogen-bond acceptors (Lipinski definition) is 4. The first-order valence-electron chi connectivity index (χ1n) is 9.43. The first kappa shape index (κ1) is 21.5. The van der Waals surface area contributed by atoms with Crippen molar-refractivity contribution < 1.29 is 17.9 Å². The SMILES string of the molecule is CN(C)S(=O)(=O)c1ccc(NC(=O)COc2ccccc2Cc2ccccc2)cc1. The van der Waals surface area contributed by atoms with Gasteiger partial charge in [-0.25, -0.2) is 12.7 Å². The zero-order chi connectivity index (χ0) is 21.6. The maximum absolute atomic E-state index is 12.3. The van der Waals surface area contributed by atoms with Gasteiger partial charge in [-0.15, -0.1) is 0 Å². The van der Waals surface area contributed by atoms with Gasteiger partial charge in [0.05, 0.1) is 4.90 Å². The average molecular weight is 425 g/mol. The molecule has 0 aliphatic carbocycles. The number of sulfonamides is 1. The fourth-order valence-electron chi connectivity index (χ4n) is 2.87. The van der Waals surface area contributed by atoms with E-state index in [0.717, 1.165) is 15.4 Å². The molecule has 3 rings (SSSR count). The lowest BCUT2D eigenvalue weighted by atomic mass is 10.0. The van der Waals surface area contributed by atoms with E-state index in [1.165, 1.54) is 26.2 Å². The Labute approximate surface area is 177 Å². The molecule has 7 heteroatoms. The molecule has 0 fully saturated rings. The number of para-hydroxylation sites is 1. The maximum Gasteiger partial charge on any atom is 0.262 e. The van der Waals surface area contributed by atoms with E-state index in [9.17, 15) is 13.2 Å². The van der Waals surface area contributed by atoms with Crippen molar-refractivity contribution in [3.8, 4) is 5.75 Å². The molecule has 0 atom stereocenters. The lowest BCUT2D eigenvalue weighted by Crippen LogP contribution is -2.22. The molecule has 0 radical (unpaired) electrons. The second-order valence-corrected chi connectivity index (χ2v) is 9.07. The number of amides is 1. The fraction of sp³-hybridized carbons (Fsp3) is 0.174. The van der Waals surface area contributed by atoms with Gasteiger partial charge in [0.2, 0.25) is 10.0 Å². The Morgan fingerprint density at radius 2 is 1.53 bits per heavy atom. The van der Waals surface area contributed by atoms with Gasteiger partial charge in [-0.3, -0.25) is 4.79 Å². The molecule has 3 aromatic carbocycles. The van der Waals surface area contributed by atoms with Crippen molar-refractivity contribution in [3.05, 3.63) is 90.0 Å². The van der Waals surface area contributed by atoms with Gasteiger partial charge in [0.25, 0.3) is 5.91 Å². The summed E-state index contributed by atoms with van der Waals surface area (Å²) in [7, 11) is -0.563. The van der Waals surface area contributed by atoms with Gasteiger partial charge in [0, 0.05) is 26.2 Å². The van der Waals surface area contributed by atoms with Crippen LogP contribution in [0.2, 0.25) is 0 Å². The lowest BCUT2D eigenvalue weighted by molar-refractivity contribution is -0.118. The van der Waals surface area contributed by atoms with E-state index in [1.807, 2.05) is 54.6 Å². The largest absolute Gasteiger partial charge is 0.483 e. The van der Waals surface area contributed by atoms with Crippen LogP contribution in [0.1, 0.15) is 11.1 Å². The molecule has 1 amide bonds. The molecule has 0 aromatic heterocycles. The van der Waals surface area contributed by atoms with Gasteiger partial charge >= 0.3 is 0 Å². The summed E-state index contributed by atoms with van der Waals surface area (Å²) >= 11 is 0. The second-order valence-electron chi connectivity index (χ2n) is 6.92. The van der Waals surface area contributed by atoms with Crippen LogP contribution in [0.3, 0.4) is 0 Å². The summed E-state index contributed by atoms with van der Waals surface area (Å²) in [5.41, 5.74) is 2.65. The predicted octanol–water partition coefficient (Wildman–Crippen LogP) is 3.55. The molecule has 0 saturated carbocycles. The Balaban J connectivity index is 1.60. The highest BCUT2D eigenvalue weighted by Gasteiger charge is 2.17. The third-order valence-corrected chi connectivity index (χ3v) is 6.31. The molecule has 0 aliphatic rings. The highest BCUT2D eigenvalue weighted by molar-refractivity contribution is 7.89. The van der Waals surface area contributed by atoms with E-state index in [4.69, 9.17) is 4.74 Å².